The molecule has 142 valence electrons. The van der Waals surface area contributed by atoms with E-state index in [0.717, 1.165) is 11.1 Å². The lowest BCUT2D eigenvalue weighted by Crippen LogP contribution is -2.15. The van der Waals surface area contributed by atoms with Gasteiger partial charge in [-0.2, -0.15) is 0 Å². The molecule has 0 amide bonds. The van der Waals surface area contributed by atoms with Crippen molar-refractivity contribution in [1.29, 1.82) is 0 Å². The van der Waals surface area contributed by atoms with E-state index < -0.39 is 11.8 Å². The van der Waals surface area contributed by atoms with E-state index >= 15 is 0 Å². The minimum absolute atomic E-state index is 0.198. The van der Waals surface area contributed by atoms with Gasteiger partial charge in [0.25, 0.3) is 0 Å². The van der Waals surface area contributed by atoms with Crippen LogP contribution in [0.25, 0.3) is 0 Å². The highest BCUT2D eigenvalue weighted by atomic mass is 16.5. The van der Waals surface area contributed by atoms with Gasteiger partial charge in [-0.15, -0.1) is 0 Å². The van der Waals surface area contributed by atoms with Crippen molar-refractivity contribution in [2.75, 3.05) is 0 Å². The minimum atomic E-state index is -1.45. The molecule has 0 unspecified atom stereocenters. The Morgan fingerprint density at radius 1 is 0.679 bits per heavy atom. The summed E-state index contributed by atoms with van der Waals surface area (Å²) in [6, 6.07) is 24.4. The van der Waals surface area contributed by atoms with Crippen LogP contribution >= 0.6 is 0 Å². The number of carbonyl (C=O) groups excluding carboxylic acids is 1. The number of benzene rings is 3. The van der Waals surface area contributed by atoms with Crippen LogP contribution in [0.3, 0.4) is 0 Å². The highest BCUT2D eigenvalue weighted by Gasteiger charge is 2.15. The average Bonchev–Trinajstić information content (AvgIpc) is 2.73. The molecule has 0 saturated heterocycles. The summed E-state index contributed by atoms with van der Waals surface area (Å²) < 4.78 is 11.8. The fourth-order valence-electron chi connectivity index (χ4n) is 2.63. The summed E-state index contributed by atoms with van der Waals surface area (Å²) in [7, 11) is 0. The molecule has 3 rings (SSSR count). The van der Waals surface area contributed by atoms with Crippen molar-refractivity contribution in [3.8, 4) is 11.5 Å². The van der Waals surface area contributed by atoms with Gasteiger partial charge in [0, 0.05) is 6.42 Å². The standard InChI is InChI=1S/C23H20O5/c24-20(23(25)26)13-19-11-12-21(27-15-17-7-3-1-4-8-17)22(14-19)28-16-18-9-5-2-6-10-18/h1-12,14H,13,15-16H2,(H,25,26). The topological polar surface area (TPSA) is 72.8 Å². The van der Waals surface area contributed by atoms with Crippen LogP contribution in [0.5, 0.6) is 11.5 Å². The van der Waals surface area contributed by atoms with Gasteiger partial charge in [-0.05, 0) is 28.8 Å². The number of hydrogen-bond acceptors (Lipinski definition) is 4. The van der Waals surface area contributed by atoms with Gasteiger partial charge in [-0.25, -0.2) is 4.79 Å². The van der Waals surface area contributed by atoms with E-state index in [2.05, 4.69) is 0 Å². The zero-order chi connectivity index (χ0) is 19.8. The highest BCUT2D eigenvalue weighted by molar-refractivity contribution is 6.33. The molecule has 0 bridgehead atoms. The van der Waals surface area contributed by atoms with Crippen LogP contribution in [0.15, 0.2) is 78.9 Å². The second kappa shape index (κ2) is 9.37. The van der Waals surface area contributed by atoms with Crippen molar-refractivity contribution in [2.24, 2.45) is 0 Å². The first-order valence-electron chi connectivity index (χ1n) is 8.84. The third-order valence-corrected chi connectivity index (χ3v) is 4.09. The molecule has 0 atom stereocenters. The Bertz CT molecular complexity index is 936. The fraction of sp³-hybridized carbons (Fsp3) is 0.130. The molecule has 0 aromatic heterocycles. The van der Waals surface area contributed by atoms with Gasteiger partial charge < -0.3 is 14.6 Å². The van der Waals surface area contributed by atoms with Gasteiger partial charge >= 0.3 is 5.97 Å². The monoisotopic (exact) mass is 376 g/mol. The molecule has 28 heavy (non-hydrogen) atoms. The Morgan fingerprint density at radius 2 is 1.21 bits per heavy atom. The van der Waals surface area contributed by atoms with E-state index in [-0.39, 0.29) is 6.42 Å². The van der Waals surface area contributed by atoms with Crippen LogP contribution in [0.2, 0.25) is 0 Å². The molecule has 0 heterocycles. The molecule has 1 N–H and O–H groups in total. The number of carboxylic acid groups (broad SMARTS) is 1. The van der Waals surface area contributed by atoms with Crippen LogP contribution < -0.4 is 9.47 Å². The first kappa shape index (κ1) is 19.2. The highest BCUT2D eigenvalue weighted by Crippen LogP contribution is 2.30. The van der Waals surface area contributed by atoms with E-state index in [1.807, 2.05) is 60.7 Å². The molecule has 5 heteroatoms. The number of rotatable bonds is 9. The van der Waals surface area contributed by atoms with Crippen molar-refractivity contribution in [1.82, 2.24) is 0 Å². The Kier molecular flexibility index (Phi) is 6.41. The van der Waals surface area contributed by atoms with Gasteiger partial charge in [-0.1, -0.05) is 66.7 Å². The van der Waals surface area contributed by atoms with Crippen LogP contribution in [-0.2, 0) is 29.2 Å². The molecule has 3 aromatic carbocycles. The average molecular weight is 376 g/mol. The van der Waals surface area contributed by atoms with Gasteiger partial charge in [0.1, 0.15) is 13.2 Å². The molecule has 0 spiro atoms. The molecule has 0 aliphatic carbocycles. The summed E-state index contributed by atoms with van der Waals surface area (Å²) in [5.74, 6) is -1.31. The van der Waals surface area contributed by atoms with E-state index in [1.54, 1.807) is 18.2 Å². The summed E-state index contributed by atoms with van der Waals surface area (Å²) in [5, 5.41) is 8.82. The van der Waals surface area contributed by atoms with E-state index in [1.165, 1.54) is 0 Å². The normalized spacial score (nSPS) is 10.3. The molecule has 3 aromatic rings. The lowest BCUT2D eigenvalue weighted by molar-refractivity contribution is -0.148. The quantitative estimate of drug-likeness (QED) is 0.571. The van der Waals surface area contributed by atoms with Crippen LogP contribution in [0, 0.1) is 0 Å². The number of aliphatic carboxylic acids is 1. The summed E-state index contributed by atoms with van der Waals surface area (Å²) >= 11 is 0. The third-order valence-electron chi connectivity index (χ3n) is 4.09. The number of ether oxygens (including phenoxy) is 2. The molecule has 0 fully saturated rings. The number of hydrogen-bond donors (Lipinski definition) is 1. The maximum absolute atomic E-state index is 11.5. The number of carbonyl (C=O) groups is 2. The van der Waals surface area contributed by atoms with Crippen molar-refractivity contribution >= 4 is 11.8 Å². The lowest BCUT2D eigenvalue weighted by atomic mass is 10.1. The predicted octanol–water partition coefficient (Wildman–Crippen LogP) is 4.04. The maximum Gasteiger partial charge on any atom is 0.372 e. The van der Waals surface area contributed by atoms with E-state index in [0.29, 0.717) is 30.3 Å². The molecule has 0 aliphatic rings. The number of Topliss-reactive ketones (excluding diaryl/α,β-unsaturated/α-hetero) is 1. The van der Waals surface area contributed by atoms with Crippen molar-refractivity contribution in [2.45, 2.75) is 19.6 Å². The zero-order valence-corrected chi connectivity index (χ0v) is 15.2. The van der Waals surface area contributed by atoms with Crippen molar-refractivity contribution in [3.05, 3.63) is 95.6 Å². The summed E-state index contributed by atoms with van der Waals surface area (Å²) in [5.41, 5.74) is 2.56. The summed E-state index contributed by atoms with van der Waals surface area (Å²) in [6.07, 6.45) is -0.198. The first-order chi connectivity index (χ1) is 13.6. The molecular weight excluding hydrogens is 356 g/mol. The fourth-order valence-corrected chi connectivity index (χ4v) is 2.63. The Balaban J connectivity index is 1.77. The van der Waals surface area contributed by atoms with Crippen LogP contribution in [0.4, 0.5) is 0 Å². The smallest absolute Gasteiger partial charge is 0.372 e. The molecule has 5 nitrogen and oxygen atoms in total. The SMILES string of the molecule is O=C(O)C(=O)Cc1ccc(OCc2ccccc2)c(OCc2ccccc2)c1. The second-order valence-corrected chi connectivity index (χ2v) is 6.23. The maximum atomic E-state index is 11.5. The predicted molar refractivity (Wildman–Crippen MR) is 104 cm³/mol. The zero-order valence-electron chi connectivity index (χ0n) is 15.2. The summed E-state index contributed by atoms with van der Waals surface area (Å²) in [4.78, 5) is 22.3. The molecule has 0 radical (unpaired) electrons. The van der Waals surface area contributed by atoms with Gasteiger partial charge in [0.05, 0.1) is 0 Å². The number of ketones is 1. The molecule has 0 saturated carbocycles. The van der Waals surface area contributed by atoms with Crippen molar-refractivity contribution in [3.63, 3.8) is 0 Å². The minimum Gasteiger partial charge on any atom is -0.485 e. The van der Waals surface area contributed by atoms with Crippen LogP contribution in [0.1, 0.15) is 16.7 Å². The van der Waals surface area contributed by atoms with E-state index in [9.17, 15) is 9.59 Å². The second-order valence-electron chi connectivity index (χ2n) is 6.23. The summed E-state index contributed by atoms with van der Waals surface area (Å²) in [6.45, 7) is 0.703. The number of carboxylic acids is 1. The molecular formula is C23H20O5. The van der Waals surface area contributed by atoms with Gasteiger partial charge in [0.2, 0.25) is 5.78 Å². The van der Waals surface area contributed by atoms with Gasteiger partial charge in [-0.3, -0.25) is 4.79 Å². The largest absolute Gasteiger partial charge is 0.485 e. The van der Waals surface area contributed by atoms with Gasteiger partial charge in [0.15, 0.2) is 11.5 Å². The van der Waals surface area contributed by atoms with E-state index in [4.69, 9.17) is 14.6 Å². The first-order valence-corrected chi connectivity index (χ1v) is 8.84. The van der Waals surface area contributed by atoms with Crippen molar-refractivity contribution < 1.29 is 24.2 Å². The lowest BCUT2D eigenvalue weighted by Gasteiger charge is -2.14. The Morgan fingerprint density at radius 3 is 1.75 bits per heavy atom. The molecule has 0 aliphatic heterocycles. The van der Waals surface area contributed by atoms with Crippen LogP contribution in [-0.4, -0.2) is 16.9 Å². The Labute approximate surface area is 163 Å². The Hall–Kier alpha value is -3.60. The third kappa shape index (κ3) is 5.45.